The second-order valence-electron chi connectivity index (χ2n) is 4.83. The van der Waals surface area contributed by atoms with Gasteiger partial charge >= 0.3 is 5.97 Å². The summed E-state index contributed by atoms with van der Waals surface area (Å²) in [5, 5.41) is 8.73. The van der Waals surface area contributed by atoms with Gasteiger partial charge < -0.3 is 5.11 Å². The molecule has 1 aromatic rings. The summed E-state index contributed by atoms with van der Waals surface area (Å²) < 4.78 is 0. The molecule has 2 nitrogen and oxygen atoms in total. The molecule has 1 N–H and O–H groups in total. The Hall–Kier alpha value is -0.830. The molecule has 0 radical (unpaired) electrons. The van der Waals surface area contributed by atoms with Crippen LogP contribution in [0.2, 0.25) is 0 Å². The van der Waals surface area contributed by atoms with E-state index in [0.717, 1.165) is 10.8 Å². The van der Waals surface area contributed by atoms with E-state index in [1.165, 1.54) is 30.6 Å². The minimum absolute atomic E-state index is 0.174. The average molecular weight is 238 g/mol. The predicted octanol–water partition coefficient (Wildman–Crippen LogP) is 3.67. The van der Waals surface area contributed by atoms with Crippen molar-refractivity contribution in [2.45, 2.75) is 44.9 Å². The van der Waals surface area contributed by atoms with Crippen molar-refractivity contribution in [2.75, 3.05) is 0 Å². The molecule has 2 rings (SSSR count). The van der Waals surface area contributed by atoms with Crippen LogP contribution >= 0.6 is 11.3 Å². The topological polar surface area (TPSA) is 37.3 Å². The summed E-state index contributed by atoms with van der Waals surface area (Å²) in [6.45, 7) is 2.32. The second-order valence-corrected chi connectivity index (χ2v) is 6.03. The van der Waals surface area contributed by atoms with Gasteiger partial charge in [0.25, 0.3) is 0 Å². The van der Waals surface area contributed by atoms with E-state index in [0.29, 0.717) is 5.92 Å². The number of aliphatic carboxylic acids is 1. The molecule has 0 atom stereocenters. The first-order chi connectivity index (χ1) is 7.65. The monoisotopic (exact) mass is 238 g/mol. The molecular weight excluding hydrogens is 220 g/mol. The molecule has 0 aliphatic heterocycles. The lowest BCUT2D eigenvalue weighted by atomic mass is 9.82. The lowest BCUT2D eigenvalue weighted by Crippen LogP contribution is -2.09. The maximum atomic E-state index is 10.6. The van der Waals surface area contributed by atoms with Crippen molar-refractivity contribution in [1.29, 1.82) is 0 Å². The Bertz CT molecular complexity index is 362. The van der Waals surface area contributed by atoms with Gasteiger partial charge in [0, 0.05) is 9.75 Å². The highest BCUT2D eigenvalue weighted by atomic mass is 32.1. The molecule has 3 heteroatoms. The Morgan fingerprint density at radius 1 is 1.38 bits per heavy atom. The van der Waals surface area contributed by atoms with Gasteiger partial charge in [0.15, 0.2) is 0 Å². The molecule has 1 aromatic heterocycles. The van der Waals surface area contributed by atoms with Crippen LogP contribution in [0.1, 0.15) is 48.3 Å². The van der Waals surface area contributed by atoms with E-state index in [9.17, 15) is 4.79 Å². The highest BCUT2D eigenvalue weighted by Gasteiger charge is 2.21. The third-order valence-corrected chi connectivity index (χ3v) is 4.67. The molecule has 0 saturated heterocycles. The Balaban J connectivity index is 1.99. The van der Waals surface area contributed by atoms with Gasteiger partial charge in [-0.1, -0.05) is 19.8 Å². The minimum Gasteiger partial charge on any atom is -0.481 e. The van der Waals surface area contributed by atoms with Crippen LogP contribution < -0.4 is 0 Å². The van der Waals surface area contributed by atoms with Crippen molar-refractivity contribution in [3.8, 4) is 0 Å². The van der Waals surface area contributed by atoms with Gasteiger partial charge in [-0.25, -0.2) is 0 Å². The van der Waals surface area contributed by atoms with Crippen LogP contribution in [0.5, 0.6) is 0 Å². The van der Waals surface area contributed by atoms with Crippen molar-refractivity contribution in [2.24, 2.45) is 5.92 Å². The number of carbonyl (C=O) groups is 1. The molecule has 1 heterocycles. The summed E-state index contributed by atoms with van der Waals surface area (Å²) >= 11 is 1.69. The molecule has 88 valence electrons. The maximum Gasteiger partial charge on any atom is 0.308 e. The first kappa shape index (κ1) is 11.6. The van der Waals surface area contributed by atoms with E-state index in [1.807, 2.05) is 6.07 Å². The van der Waals surface area contributed by atoms with Gasteiger partial charge in [-0.05, 0) is 36.8 Å². The molecule has 0 spiro atoms. The standard InChI is InChI=1S/C13H18O2S/c1-9-2-4-10(5-3-9)12-7-6-11(16-12)8-13(14)15/h6-7,9-10H,2-5,8H2,1H3,(H,14,15). The smallest absolute Gasteiger partial charge is 0.308 e. The van der Waals surface area contributed by atoms with Crippen LogP contribution in [-0.2, 0) is 11.2 Å². The number of hydrogen-bond donors (Lipinski definition) is 1. The third-order valence-electron chi connectivity index (χ3n) is 3.43. The first-order valence-electron chi connectivity index (χ1n) is 5.95. The predicted molar refractivity (Wildman–Crippen MR) is 66.0 cm³/mol. The van der Waals surface area contributed by atoms with Crippen LogP contribution in [0.4, 0.5) is 0 Å². The normalized spacial score (nSPS) is 25.6. The molecule has 16 heavy (non-hydrogen) atoms. The maximum absolute atomic E-state index is 10.6. The molecule has 0 aromatic carbocycles. The largest absolute Gasteiger partial charge is 0.481 e. The molecule has 1 aliphatic carbocycles. The van der Waals surface area contributed by atoms with Crippen molar-refractivity contribution in [1.82, 2.24) is 0 Å². The lowest BCUT2D eigenvalue weighted by molar-refractivity contribution is -0.136. The molecule has 1 saturated carbocycles. The van der Waals surface area contributed by atoms with Gasteiger partial charge in [-0.2, -0.15) is 0 Å². The molecule has 1 aliphatic rings. The van der Waals surface area contributed by atoms with Gasteiger partial charge in [0.2, 0.25) is 0 Å². The summed E-state index contributed by atoms with van der Waals surface area (Å²) in [5.74, 6) is 0.823. The summed E-state index contributed by atoms with van der Waals surface area (Å²) in [4.78, 5) is 13.0. The van der Waals surface area contributed by atoms with Gasteiger partial charge in [0.1, 0.15) is 0 Å². The van der Waals surface area contributed by atoms with Crippen LogP contribution in [0, 0.1) is 5.92 Å². The van der Waals surface area contributed by atoms with Gasteiger partial charge in [-0.3, -0.25) is 4.79 Å². The first-order valence-corrected chi connectivity index (χ1v) is 6.77. The van der Waals surface area contributed by atoms with Crippen molar-refractivity contribution >= 4 is 17.3 Å². The number of carboxylic acids is 1. The summed E-state index contributed by atoms with van der Waals surface area (Å²) in [7, 11) is 0. The highest BCUT2D eigenvalue weighted by molar-refractivity contribution is 7.12. The van der Waals surface area contributed by atoms with Gasteiger partial charge in [-0.15, -0.1) is 11.3 Å². The Kier molecular flexibility index (Phi) is 3.64. The van der Waals surface area contributed by atoms with Crippen molar-refractivity contribution < 1.29 is 9.90 Å². The van der Waals surface area contributed by atoms with E-state index < -0.39 is 5.97 Å². The molecular formula is C13H18O2S. The quantitative estimate of drug-likeness (QED) is 0.872. The fourth-order valence-corrected chi connectivity index (χ4v) is 3.58. The molecule has 0 amide bonds. The van der Waals surface area contributed by atoms with Gasteiger partial charge in [0.05, 0.1) is 6.42 Å². The summed E-state index contributed by atoms with van der Waals surface area (Å²) in [6, 6.07) is 4.11. The van der Waals surface area contributed by atoms with Crippen LogP contribution in [-0.4, -0.2) is 11.1 Å². The lowest BCUT2D eigenvalue weighted by Gasteiger charge is -2.25. The Morgan fingerprint density at radius 2 is 2.06 bits per heavy atom. The summed E-state index contributed by atoms with van der Waals surface area (Å²) in [6.07, 6.45) is 5.35. The van der Waals surface area contributed by atoms with Crippen LogP contribution in [0.15, 0.2) is 12.1 Å². The number of rotatable bonds is 3. The van der Waals surface area contributed by atoms with E-state index in [-0.39, 0.29) is 6.42 Å². The average Bonchev–Trinajstić information content (AvgIpc) is 2.66. The van der Waals surface area contributed by atoms with E-state index in [4.69, 9.17) is 5.11 Å². The Morgan fingerprint density at radius 3 is 2.69 bits per heavy atom. The van der Waals surface area contributed by atoms with Crippen molar-refractivity contribution in [3.63, 3.8) is 0 Å². The molecule has 0 bridgehead atoms. The number of hydrogen-bond acceptors (Lipinski definition) is 2. The molecule has 0 unspecified atom stereocenters. The minimum atomic E-state index is -0.731. The SMILES string of the molecule is CC1CCC(c2ccc(CC(=O)O)s2)CC1. The molecule has 1 fully saturated rings. The zero-order valence-corrected chi connectivity index (χ0v) is 10.4. The second kappa shape index (κ2) is 5.00. The van der Waals surface area contributed by atoms with Crippen LogP contribution in [0.25, 0.3) is 0 Å². The van der Waals surface area contributed by atoms with E-state index >= 15 is 0 Å². The van der Waals surface area contributed by atoms with E-state index in [2.05, 4.69) is 13.0 Å². The van der Waals surface area contributed by atoms with Crippen LogP contribution in [0.3, 0.4) is 0 Å². The zero-order valence-electron chi connectivity index (χ0n) is 9.61. The van der Waals surface area contributed by atoms with E-state index in [1.54, 1.807) is 11.3 Å². The number of carboxylic acid groups (broad SMARTS) is 1. The number of thiophene rings is 1. The fourth-order valence-electron chi connectivity index (χ4n) is 2.40. The van der Waals surface area contributed by atoms with Crippen molar-refractivity contribution in [3.05, 3.63) is 21.9 Å². The zero-order chi connectivity index (χ0) is 11.5. The Labute approximate surface area is 100 Å². The third kappa shape index (κ3) is 2.85. The summed E-state index contributed by atoms with van der Waals surface area (Å²) in [5.41, 5.74) is 0. The highest BCUT2D eigenvalue weighted by Crippen LogP contribution is 2.38. The fraction of sp³-hybridized carbons (Fsp3) is 0.615.